The van der Waals surface area contributed by atoms with Crippen LogP contribution in [0.5, 0.6) is 0 Å². The lowest BCUT2D eigenvalue weighted by molar-refractivity contribution is 0.259. The van der Waals surface area contributed by atoms with E-state index in [0.29, 0.717) is 12.0 Å². The molecule has 2 fully saturated rings. The van der Waals surface area contributed by atoms with Crippen molar-refractivity contribution in [3.05, 3.63) is 35.5 Å². The Labute approximate surface area is 135 Å². The fraction of sp³-hybridized carbons (Fsp3) is 0.529. The van der Waals surface area contributed by atoms with Crippen LogP contribution in [0.25, 0.3) is 10.7 Å². The first-order valence-corrected chi connectivity index (χ1v) is 9.01. The molecule has 2 aromatic heterocycles. The van der Waals surface area contributed by atoms with Crippen LogP contribution in [0, 0.1) is 11.8 Å². The third kappa shape index (κ3) is 2.81. The third-order valence-electron chi connectivity index (χ3n) is 5.05. The average Bonchev–Trinajstić information content (AvgIpc) is 3.16. The van der Waals surface area contributed by atoms with Gasteiger partial charge in [0, 0.05) is 37.3 Å². The van der Waals surface area contributed by atoms with Crippen LogP contribution in [-0.4, -0.2) is 34.0 Å². The highest BCUT2D eigenvalue weighted by atomic mass is 32.1. The lowest BCUT2D eigenvalue weighted by atomic mass is 9.78. The van der Waals surface area contributed by atoms with Gasteiger partial charge < -0.3 is 5.73 Å². The number of thiazole rings is 1. The van der Waals surface area contributed by atoms with Gasteiger partial charge >= 0.3 is 0 Å². The maximum atomic E-state index is 6.31. The molecular weight excluding hydrogens is 292 g/mol. The fourth-order valence-electron chi connectivity index (χ4n) is 3.95. The molecule has 4 nitrogen and oxygen atoms in total. The number of aromatic nitrogens is 2. The van der Waals surface area contributed by atoms with E-state index in [2.05, 4.69) is 15.3 Å². The Bertz CT molecular complexity index is 627. The van der Waals surface area contributed by atoms with E-state index in [1.807, 2.05) is 24.4 Å². The number of nitrogens with two attached hydrogens (primary N) is 1. The zero-order valence-corrected chi connectivity index (χ0v) is 13.5. The van der Waals surface area contributed by atoms with Crippen LogP contribution in [0.1, 0.15) is 25.0 Å². The molecule has 22 heavy (non-hydrogen) atoms. The zero-order chi connectivity index (χ0) is 14.9. The maximum Gasteiger partial charge on any atom is 0.142 e. The van der Waals surface area contributed by atoms with Gasteiger partial charge in [0.05, 0.1) is 11.4 Å². The van der Waals surface area contributed by atoms with E-state index >= 15 is 0 Å². The number of likely N-dealkylation sites (tertiary alicyclic amines) is 1. The van der Waals surface area contributed by atoms with E-state index in [1.54, 1.807) is 11.3 Å². The average molecular weight is 314 g/mol. The van der Waals surface area contributed by atoms with E-state index in [0.717, 1.165) is 35.4 Å². The van der Waals surface area contributed by atoms with Crippen LogP contribution in [0.4, 0.5) is 0 Å². The second kappa shape index (κ2) is 6.07. The minimum Gasteiger partial charge on any atom is -0.327 e. The molecule has 5 heteroatoms. The van der Waals surface area contributed by atoms with Gasteiger partial charge in [-0.3, -0.25) is 9.88 Å². The second-order valence-corrected chi connectivity index (χ2v) is 7.43. The maximum absolute atomic E-state index is 6.31. The van der Waals surface area contributed by atoms with Gasteiger partial charge in [0.25, 0.3) is 0 Å². The molecule has 2 aromatic rings. The minimum absolute atomic E-state index is 0.406. The molecule has 4 rings (SSSR count). The van der Waals surface area contributed by atoms with Crippen LogP contribution < -0.4 is 5.73 Å². The first-order chi connectivity index (χ1) is 10.8. The first kappa shape index (κ1) is 14.3. The normalized spacial score (nSPS) is 28.7. The van der Waals surface area contributed by atoms with Crippen molar-refractivity contribution in [1.82, 2.24) is 14.9 Å². The van der Waals surface area contributed by atoms with Gasteiger partial charge in [-0.25, -0.2) is 4.98 Å². The van der Waals surface area contributed by atoms with Crippen molar-refractivity contribution < 1.29 is 0 Å². The summed E-state index contributed by atoms with van der Waals surface area (Å²) in [6.45, 7) is 3.28. The molecule has 0 amide bonds. The summed E-state index contributed by atoms with van der Waals surface area (Å²) >= 11 is 1.69. The van der Waals surface area contributed by atoms with Crippen LogP contribution in [0.2, 0.25) is 0 Å². The Morgan fingerprint density at radius 1 is 1.27 bits per heavy atom. The topological polar surface area (TPSA) is 55.0 Å². The van der Waals surface area contributed by atoms with E-state index < -0.39 is 0 Å². The first-order valence-electron chi connectivity index (χ1n) is 8.13. The largest absolute Gasteiger partial charge is 0.327 e. The molecule has 1 aliphatic heterocycles. The monoisotopic (exact) mass is 314 g/mol. The van der Waals surface area contributed by atoms with E-state index in [4.69, 9.17) is 10.7 Å². The Kier molecular flexibility index (Phi) is 3.94. The van der Waals surface area contributed by atoms with Crippen LogP contribution in [0.3, 0.4) is 0 Å². The second-order valence-electron chi connectivity index (χ2n) is 6.57. The molecule has 3 heterocycles. The molecule has 0 spiro atoms. The molecule has 1 aliphatic carbocycles. The van der Waals surface area contributed by atoms with Gasteiger partial charge in [-0.1, -0.05) is 12.5 Å². The number of hydrogen-bond donors (Lipinski definition) is 1. The SMILES string of the molecule is NC1CCCC2CN(Cc3csc(-c4ccccn4)n3)CC12. The van der Waals surface area contributed by atoms with Gasteiger partial charge in [0.15, 0.2) is 0 Å². The van der Waals surface area contributed by atoms with Gasteiger partial charge in [0.2, 0.25) is 0 Å². The van der Waals surface area contributed by atoms with Crippen LogP contribution in [-0.2, 0) is 6.54 Å². The van der Waals surface area contributed by atoms with Crippen molar-refractivity contribution in [2.45, 2.75) is 31.8 Å². The molecule has 0 aromatic carbocycles. The van der Waals surface area contributed by atoms with Crippen LogP contribution in [0.15, 0.2) is 29.8 Å². The Morgan fingerprint density at radius 3 is 3.05 bits per heavy atom. The zero-order valence-electron chi connectivity index (χ0n) is 12.7. The highest BCUT2D eigenvalue weighted by Gasteiger charge is 2.38. The van der Waals surface area contributed by atoms with E-state index in [9.17, 15) is 0 Å². The number of nitrogens with zero attached hydrogens (tertiary/aromatic N) is 3. The molecule has 2 N–H and O–H groups in total. The highest BCUT2D eigenvalue weighted by Crippen LogP contribution is 2.36. The predicted octanol–water partition coefficient (Wildman–Crippen LogP) is 2.76. The quantitative estimate of drug-likeness (QED) is 0.946. The summed E-state index contributed by atoms with van der Waals surface area (Å²) in [5.41, 5.74) is 8.44. The Morgan fingerprint density at radius 2 is 2.23 bits per heavy atom. The molecule has 0 bridgehead atoms. The van der Waals surface area contributed by atoms with Gasteiger partial charge in [0.1, 0.15) is 5.01 Å². The molecule has 0 radical (unpaired) electrons. The smallest absolute Gasteiger partial charge is 0.142 e. The van der Waals surface area contributed by atoms with Crippen molar-refractivity contribution in [2.24, 2.45) is 17.6 Å². The third-order valence-corrected chi connectivity index (χ3v) is 5.96. The Balaban J connectivity index is 1.43. The summed E-state index contributed by atoms with van der Waals surface area (Å²) in [5, 5.41) is 3.19. The number of fused-ring (bicyclic) bond motifs is 1. The summed E-state index contributed by atoms with van der Waals surface area (Å²) < 4.78 is 0. The molecule has 1 saturated carbocycles. The van der Waals surface area contributed by atoms with Crippen molar-refractivity contribution >= 4 is 11.3 Å². The predicted molar refractivity (Wildman–Crippen MR) is 89.4 cm³/mol. The summed E-state index contributed by atoms with van der Waals surface area (Å²) in [6.07, 6.45) is 5.68. The Hall–Kier alpha value is -1.30. The lowest BCUT2D eigenvalue weighted by Gasteiger charge is -2.29. The van der Waals surface area contributed by atoms with Gasteiger partial charge in [-0.2, -0.15) is 0 Å². The molecule has 3 unspecified atom stereocenters. The number of pyridine rings is 1. The van der Waals surface area contributed by atoms with Crippen LogP contribution >= 0.6 is 11.3 Å². The van der Waals surface area contributed by atoms with Gasteiger partial charge in [-0.15, -0.1) is 11.3 Å². The number of rotatable bonds is 3. The molecule has 3 atom stereocenters. The summed E-state index contributed by atoms with van der Waals surface area (Å²) in [6, 6.07) is 6.37. The fourth-order valence-corrected chi connectivity index (χ4v) is 4.74. The lowest BCUT2D eigenvalue weighted by Crippen LogP contribution is -2.38. The number of hydrogen-bond acceptors (Lipinski definition) is 5. The summed E-state index contributed by atoms with van der Waals surface area (Å²) in [5.74, 6) is 1.50. The van der Waals surface area contributed by atoms with Gasteiger partial charge in [-0.05, 0) is 36.8 Å². The molecule has 2 aliphatic rings. The standard InChI is InChI=1S/C17H22N4S/c18-15-5-3-4-12-8-21(10-14(12)15)9-13-11-22-17(20-13)16-6-1-2-7-19-16/h1-2,6-7,11-12,14-15H,3-5,8-10,18H2. The van der Waals surface area contributed by atoms with E-state index in [-0.39, 0.29) is 0 Å². The molecule has 116 valence electrons. The van der Waals surface area contributed by atoms with E-state index in [1.165, 1.54) is 25.8 Å². The summed E-state index contributed by atoms with van der Waals surface area (Å²) in [4.78, 5) is 11.7. The van der Waals surface area contributed by atoms with Crippen molar-refractivity contribution in [3.63, 3.8) is 0 Å². The molecular formula is C17H22N4S. The minimum atomic E-state index is 0.406. The summed E-state index contributed by atoms with van der Waals surface area (Å²) in [7, 11) is 0. The van der Waals surface area contributed by atoms with Crippen molar-refractivity contribution in [1.29, 1.82) is 0 Å². The van der Waals surface area contributed by atoms with Crippen molar-refractivity contribution in [2.75, 3.05) is 13.1 Å². The van der Waals surface area contributed by atoms with Crippen molar-refractivity contribution in [3.8, 4) is 10.7 Å². The highest BCUT2D eigenvalue weighted by molar-refractivity contribution is 7.13. The molecule has 1 saturated heterocycles.